The molecule has 5 heteroatoms. The lowest BCUT2D eigenvalue weighted by atomic mass is 10.1. The molecule has 1 atom stereocenters. The maximum absolute atomic E-state index is 10.9. The molecule has 0 saturated heterocycles. The van der Waals surface area contributed by atoms with E-state index < -0.39 is 12.1 Å². The third-order valence-corrected chi connectivity index (χ3v) is 2.25. The molecule has 0 fully saturated rings. The van der Waals surface area contributed by atoms with Crippen molar-refractivity contribution in [3.05, 3.63) is 28.8 Å². The highest BCUT2D eigenvalue weighted by Crippen LogP contribution is 2.27. The van der Waals surface area contributed by atoms with Gasteiger partial charge in [0.1, 0.15) is 5.75 Å². The van der Waals surface area contributed by atoms with Crippen LogP contribution >= 0.6 is 11.6 Å². The number of benzene rings is 1. The molecule has 82 valence electrons. The molecule has 0 aromatic heterocycles. The number of ether oxygens (including phenoxy) is 1. The van der Waals surface area contributed by atoms with Crippen molar-refractivity contribution in [2.24, 2.45) is 0 Å². The monoisotopic (exact) mass is 230 g/mol. The van der Waals surface area contributed by atoms with E-state index in [1.165, 1.54) is 25.3 Å². The molecule has 0 amide bonds. The van der Waals surface area contributed by atoms with Crippen molar-refractivity contribution >= 4 is 17.6 Å². The molecule has 2 N–H and O–H groups in total. The van der Waals surface area contributed by atoms with Gasteiger partial charge in [0.15, 0.2) is 0 Å². The average molecular weight is 231 g/mol. The summed E-state index contributed by atoms with van der Waals surface area (Å²) >= 11 is 5.65. The van der Waals surface area contributed by atoms with Crippen LogP contribution in [0.25, 0.3) is 0 Å². The van der Waals surface area contributed by atoms with Gasteiger partial charge in [0.25, 0.3) is 0 Å². The molecule has 1 aromatic rings. The van der Waals surface area contributed by atoms with Gasteiger partial charge in [0.2, 0.25) is 0 Å². The fourth-order valence-corrected chi connectivity index (χ4v) is 1.28. The van der Waals surface area contributed by atoms with Gasteiger partial charge in [0.05, 0.1) is 24.7 Å². The zero-order chi connectivity index (χ0) is 11.4. The van der Waals surface area contributed by atoms with Crippen molar-refractivity contribution in [3.63, 3.8) is 0 Å². The van der Waals surface area contributed by atoms with Crippen molar-refractivity contribution in [3.8, 4) is 5.75 Å². The fraction of sp³-hybridized carbons (Fsp3) is 0.300. The van der Waals surface area contributed by atoms with Crippen LogP contribution in [-0.4, -0.2) is 23.3 Å². The van der Waals surface area contributed by atoms with Crippen LogP contribution in [0.3, 0.4) is 0 Å². The van der Waals surface area contributed by atoms with Crippen LogP contribution in [0.4, 0.5) is 0 Å². The second kappa shape index (κ2) is 5.00. The van der Waals surface area contributed by atoms with E-state index in [1.807, 2.05) is 0 Å². The lowest BCUT2D eigenvalue weighted by Crippen LogP contribution is -2.07. The molecule has 0 aliphatic rings. The van der Waals surface area contributed by atoms with Gasteiger partial charge >= 0.3 is 5.97 Å². The normalized spacial score (nSPS) is 12.2. The van der Waals surface area contributed by atoms with Crippen molar-refractivity contribution in [2.75, 3.05) is 7.11 Å². The number of halogens is 1. The molecule has 0 heterocycles. The van der Waals surface area contributed by atoms with E-state index >= 15 is 0 Å². The standard InChI is InChI=1S/C10H11ClO4/c1-15-10(14)5-9(13)6-2-3-8(12)7(11)4-6/h2-4,9,12-13H,5H2,1H3/t9-/m1/s1. The Morgan fingerprint density at radius 3 is 2.80 bits per heavy atom. The molecule has 0 saturated carbocycles. The number of rotatable bonds is 3. The molecule has 1 rings (SSSR count). The Kier molecular flexibility index (Phi) is 3.94. The summed E-state index contributed by atoms with van der Waals surface area (Å²) in [6, 6.07) is 4.26. The van der Waals surface area contributed by atoms with E-state index in [4.69, 9.17) is 16.7 Å². The molecule has 0 spiro atoms. The zero-order valence-corrected chi connectivity index (χ0v) is 8.86. The highest BCUT2D eigenvalue weighted by atomic mass is 35.5. The molecule has 4 nitrogen and oxygen atoms in total. The Hall–Kier alpha value is -1.26. The molecule has 15 heavy (non-hydrogen) atoms. The van der Waals surface area contributed by atoms with Gasteiger partial charge in [-0.15, -0.1) is 0 Å². The maximum atomic E-state index is 10.9. The molecule has 0 bridgehead atoms. The van der Waals surface area contributed by atoms with Crippen LogP contribution in [0, 0.1) is 0 Å². The number of carbonyl (C=O) groups excluding carboxylic acids is 1. The molecule has 0 aliphatic carbocycles. The summed E-state index contributed by atoms with van der Waals surface area (Å²) in [6.07, 6.45) is -1.12. The Labute approximate surface area is 92.1 Å². The number of hydrogen-bond donors (Lipinski definition) is 2. The van der Waals surface area contributed by atoms with E-state index in [2.05, 4.69) is 4.74 Å². The van der Waals surface area contributed by atoms with E-state index in [0.29, 0.717) is 5.56 Å². The SMILES string of the molecule is COC(=O)C[C@@H](O)c1ccc(O)c(Cl)c1. The van der Waals surface area contributed by atoms with E-state index in [1.54, 1.807) is 0 Å². The van der Waals surface area contributed by atoms with Crippen LogP contribution in [0.15, 0.2) is 18.2 Å². The number of aromatic hydroxyl groups is 1. The first-order chi connectivity index (χ1) is 7.04. The van der Waals surface area contributed by atoms with Crippen LogP contribution < -0.4 is 0 Å². The molecular formula is C10H11ClO4. The number of aliphatic hydroxyl groups is 1. The molecule has 0 aliphatic heterocycles. The smallest absolute Gasteiger partial charge is 0.308 e. The van der Waals surface area contributed by atoms with Gasteiger partial charge in [-0.1, -0.05) is 17.7 Å². The quantitative estimate of drug-likeness (QED) is 0.775. The van der Waals surface area contributed by atoms with Crippen LogP contribution in [0.5, 0.6) is 5.75 Å². The number of phenols is 1. The predicted octanol–water partition coefficient (Wildman–Crippen LogP) is 1.64. The Morgan fingerprint density at radius 1 is 1.60 bits per heavy atom. The lowest BCUT2D eigenvalue weighted by molar-refractivity contribution is -0.142. The van der Waals surface area contributed by atoms with Gasteiger partial charge < -0.3 is 14.9 Å². The summed E-state index contributed by atoms with van der Waals surface area (Å²) in [6.45, 7) is 0. The average Bonchev–Trinajstić information content (AvgIpc) is 2.21. The predicted molar refractivity (Wildman–Crippen MR) is 54.7 cm³/mol. The summed E-state index contributed by atoms with van der Waals surface area (Å²) in [4.78, 5) is 10.9. The van der Waals surface area contributed by atoms with Crippen LogP contribution in [0.1, 0.15) is 18.1 Å². The van der Waals surface area contributed by atoms with Crippen molar-refractivity contribution in [2.45, 2.75) is 12.5 Å². The topological polar surface area (TPSA) is 66.8 Å². The summed E-state index contributed by atoms with van der Waals surface area (Å²) in [5, 5.41) is 18.9. The zero-order valence-electron chi connectivity index (χ0n) is 8.11. The Bertz CT molecular complexity index is 364. The minimum absolute atomic E-state index is 0.0642. The number of phenolic OH excluding ortho intramolecular Hbond substituents is 1. The number of carbonyl (C=O) groups is 1. The van der Waals surface area contributed by atoms with Crippen LogP contribution in [0.2, 0.25) is 5.02 Å². The Balaban J connectivity index is 2.78. The molecule has 1 aromatic carbocycles. The summed E-state index contributed by atoms with van der Waals surface area (Å²) in [7, 11) is 1.25. The summed E-state index contributed by atoms with van der Waals surface area (Å²) in [5.41, 5.74) is 0.461. The van der Waals surface area contributed by atoms with Gasteiger partial charge in [-0.3, -0.25) is 4.79 Å². The summed E-state index contributed by atoms with van der Waals surface area (Å²) in [5.74, 6) is -0.572. The van der Waals surface area contributed by atoms with Gasteiger partial charge in [-0.05, 0) is 17.7 Å². The third-order valence-electron chi connectivity index (χ3n) is 1.94. The number of esters is 1. The second-order valence-electron chi connectivity index (χ2n) is 3.01. The maximum Gasteiger partial charge on any atom is 0.308 e. The van der Waals surface area contributed by atoms with Crippen molar-refractivity contribution in [1.82, 2.24) is 0 Å². The Morgan fingerprint density at radius 2 is 2.27 bits per heavy atom. The van der Waals surface area contributed by atoms with Crippen molar-refractivity contribution in [1.29, 1.82) is 0 Å². The van der Waals surface area contributed by atoms with Crippen LogP contribution in [-0.2, 0) is 9.53 Å². The molecule has 0 unspecified atom stereocenters. The van der Waals surface area contributed by atoms with Gasteiger partial charge in [-0.2, -0.15) is 0 Å². The largest absolute Gasteiger partial charge is 0.506 e. The van der Waals surface area contributed by atoms with Gasteiger partial charge in [0, 0.05) is 0 Å². The first-order valence-electron chi connectivity index (χ1n) is 4.28. The number of methoxy groups -OCH3 is 1. The van der Waals surface area contributed by atoms with E-state index in [-0.39, 0.29) is 17.2 Å². The molecular weight excluding hydrogens is 220 g/mol. The molecule has 0 radical (unpaired) electrons. The minimum atomic E-state index is -0.976. The third kappa shape index (κ3) is 3.11. The van der Waals surface area contributed by atoms with E-state index in [0.717, 1.165) is 0 Å². The fourth-order valence-electron chi connectivity index (χ4n) is 1.09. The highest BCUT2D eigenvalue weighted by molar-refractivity contribution is 6.32. The number of aliphatic hydroxyl groups excluding tert-OH is 1. The number of hydrogen-bond acceptors (Lipinski definition) is 4. The van der Waals surface area contributed by atoms with Gasteiger partial charge in [-0.25, -0.2) is 0 Å². The van der Waals surface area contributed by atoms with E-state index in [9.17, 15) is 9.90 Å². The first-order valence-corrected chi connectivity index (χ1v) is 4.65. The first kappa shape index (κ1) is 11.8. The summed E-state index contributed by atoms with van der Waals surface area (Å²) < 4.78 is 4.42. The lowest BCUT2D eigenvalue weighted by Gasteiger charge is -2.10. The minimum Gasteiger partial charge on any atom is -0.506 e. The van der Waals surface area contributed by atoms with Crippen molar-refractivity contribution < 1.29 is 19.7 Å². The second-order valence-corrected chi connectivity index (χ2v) is 3.41. The highest BCUT2D eigenvalue weighted by Gasteiger charge is 2.14.